The van der Waals surface area contributed by atoms with Crippen LogP contribution in [0.1, 0.15) is 40.0 Å². The number of amides is 2. The minimum absolute atomic E-state index is 0.0127. The molecule has 0 heterocycles. The second-order valence-corrected chi connectivity index (χ2v) is 18.2. The van der Waals surface area contributed by atoms with E-state index in [1.165, 1.54) is 12.1 Å². The van der Waals surface area contributed by atoms with Gasteiger partial charge in [-0.1, -0.05) is 44.0 Å². The quantitative estimate of drug-likeness (QED) is 0.188. The third-order valence-electron chi connectivity index (χ3n) is 8.09. The summed E-state index contributed by atoms with van der Waals surface area (Å²) in [6.07, 6.45) is 1.90. The van der Waals surface area contributed by atoms with E-state index >= 15 is 0 Å². The maximum Gasteiger partial charge on any atom is 0.258 e. The number of anilines is 1. The molecule has 2 amide bonds. The summed E-state index contributed by atoms with van der Waals surface area (Å²) in [4.78, 5) is 25.0. The Kier molecular flexibility index (Phi) is 9.18. The van der Waals surface area contributed by atoms with Crippen LogP contribution in [-0.2, 0) is 14.0 Å². The van der Waals surface area contributed by atoms with Gasteiger partial charge in [-0.2, -0.15) is 0 Å². The van der Waals surface area contributed by atoms with Crippen molar-refractivity contribution >= 4 is 49.0 Å². The molecule has 3 saturated carbocycles. The summed E-state index contributed by atoms with van der Waals surface area (Å²) in [6, 6.07) is 9.22. The molecular weight excluding hydrogens is 588 g/mol. The van der Waals surface area contributed by atoms with Gasteiger partial charge in [0.15, 0.2) is 21.5 Å². The average molecular weight is 627 g/mol. The molecule has 12 heteroatoms. The van der Waals surface area contributed by atoms with Crippen molar-refractivity contribution in [3.05, 3.63) is 52.3 Å². The van der Waals surface area contributed by atoms with Crippen molar-refractivity contribution in [2.24, 2.45) is 0 Å². The third kappa shape index (κ3) is 7.65. The molecule has 224 valence electrons. The molecule has 41 heavy (non-hydrogen) atoms. The van der Waals surface area contributed by atoms with E-state index in [0.717, 1.165) is 6.07 Å². The minimum atomic E-state index is -1.85. The Bertz CT molecular complexity index is 1280. The normalized spacial score (nSPS) is 21.3. The van der Waals surface area contributed by atoms with E-state index in [-0.39, 0.29) is 51.9 Å². The first-order chi connectivity index (χ1) is 19.1. The highest BCUT2D eigenvalue weighted by Crippen LogP contribution is 2.60. The van der Waals surface area contributed by atoms with Gasteiger partial charge in [0.05, 0.1) is 17.3 Å². The largest absolute Gasteiger partial charge is 0.484 e. The molecule has 0 spiro atoms. The van der Waals surface area contributed by atoms with E-state index in [0.29, 0.717) is 48.9 Å². The van der Waals surface area contributed by atoms with Crippen LogP contribution in [0.5, 0.6) is 11.5 Å². The van der Waals surface area contributed by atoms with Gasteiger partial charge in [0.1, 0.15) is 17.3 Å². The van der Waals surface area contributed by atoms with Crippen LogP contribution < -0.4 is 25.4 Å². The van der Waals surface area contributed by atoms with Crippen LogP contribution in [0.3, 0.4) is 0 Å². The molecule has 0 unspecified atom stereocenters. The van der Waals surface area contributed by atoms with Crippen LogP contribution in [0.4, 0.5) is 10.1 Å². The second kappa shape index (κ2) is 12.0. The SMILES string of the molecule is CC(C)(C)[Si](C)(C)OCCNc1cc(Cl)ccc1OCC(=O)NC12CC(NC(=O)COc3ccc(Cl)c(F)c3)(C1)C2. The van der Waals surface area contributed by atoms with Gasteiger partial charge >= 0.3 is 0 Å². The Labute approximate surface area is 251 Å². The molecule has 0 atom stereocenters. The summed E-state index contributed by atoms with van der Waals surface area (Å²) in [5.41, 5.74) is 0.00943. The molecule has 5 rings (SSSR count). The number of hydrogen-bond donors (Lipinski definition) is 3. The maximum atomic E-state index is 13.5. The van der Waals surface area contributed by atoms with E-state index < -0.39 is 14.1 Å². The van der Waals surface area contributed by atoms with Crippen LogP contribution >= 0.6 is 23.2 Å². The van der Waals surface area contributed by atoms with Gasteiger partial charge in [-0.05, 0) is 67.7 Å². The molecule has 0 saturated heterocycles. The molecule has 3 aliphatic rings. The predicted octanol–water partition coefficient (Wildman–Crippen LogP) is 5.93. The Balaban J connectivity index is 1.18. The van der Waals surface area contributed by atoms with Crippen molar-refractivity contribution < 1.29 is 27.9 Å². The minimum Gasteiger partial charge on any atom is -0.484 e. The molecule has 0 aromatic heterocycles. The first-order valence-electron chi connectivity index (χ1n) is 13.6. The Hall–Kier alpha value is -2.53. The topological polar surface area (TPSA) is 97.9 Å². The number of halogens is 3. The van der Waals surface area contributed by atoms with Crippen molar-refractivity contribution in [2.45, 2.75) is 69.2 Å². The van der Waals surface area contributed by atoms with E-state index in [1.807, 2.05) is 0 Å². The molecule has 2 bridgehead atoms. The molecule has 0 radical (unpaired) electrons. The highest BCUT2D eigenvalue weighted by atomic mass is 35.5. The van der Waals surface area contributed by atoms with Crippen LogP contribution in [0.25, 0.3) is 0 Å². The van der Waals surface area contributed by atoms with Crippen LogP contribution in [-0.4, -0.2) is 57.6 Å². The molecular formula is C29H38Cl2FN3O5Si. The Morgan fingerprint density at radius 3 is 2.15 bits per heavy atom. The van der Waals surface area contributed by atoms with Crippen molar-refractivity contribution in [2.75, 3.05) is 31.7 Å². The molecule has 3 aliphatic carbocycles. The van der Waals surface area contributed by atoms with Gasteiger partial charge in [0, 0.05) is 28.7 Å². The molecule has 8 nitrogen and oxygen atoms in total. The number of nitrogens with one attached hydrogen (secondary N) is 3. The Morgan fingerprint density at radius 2 is 1.56 bits per heavy atom. The number of carbonyl (C=O) groups is 2. The number of carbonyl (C=O) groups excluding carboxylic acids is 2. The predicted molar refractivity (Wildman–Crippen MR) is 161 cm³/mol. The van der Waals surface area contributed by atoms with E-state index in [1.54, 1.807) is 18.2 Å². The summed E-state index contributed by atoms with van der Waals surface area (Å²) in [5, 5.41) is 10.0. The van der Waals surface area contributed by atoms with Crippen molar-refractivity contribution in [3.63, 3.8) is 0 Å². The zero-order valence-electron chi connectivity index (χ0n) is 24.1. The average Bonchev–Trinajstić information content (AvgIpc) is 2.84. The lowest BCUT2D eigenvalue weighted by atomic mass is 9.44. The lowest BCUT2D eigenvalue weighted by Crippen LogP contribution is -2.84. The molecule has 3 fully saturated rings. The fourth-order valence-electron chi connectivity index (χ4n) is 5.05. The summed E-state index contributed by atoms with van der Waals surface area (Å²) in [5.74, 6) is -0.401. The molecule has 2 aromatic rings. The summed E-state index contributed by atoms with van der Waals surface area (Å²) < 4.78 is 31.0. The lowest BCUT2D eigenvalue weighted by Gasteiger charge is -2.70. The van der Waals surface area contributed by atoms with Gasteiger partial charge in [-0.15, -0.1) is 0 Å². The smallest absolute Gasteiger partial charge is 0.258 e. The number of ether oxygens (including phenoxy) is 2. The van der Waals surface area contributed by atoms with Gasteiger partial charge in [-0.25, -0.2) is 4.39 Å². The standard InChI is InChI=1S/C29H38Cl2FN3O5Si/c1-27(2,3)41(4,5)40-11-10-33-23-12-19(30)6-9-24(23)39-15-26(37)35-29-16-28(17-29,18-29)34-25(36)14-38-20-7-8-21(31)22(32)13-20/h6-9,12-13,33H,10-11,14-18H2,1-5H3,(H,34,36)(H,35,37). The van der Waals surface area contributed by atoms with Gasteiger partial charge < -0.3 is 29.9 Å². The highest BCUT2D eigenvalue weighted by Gasteiger charge is 2.69. The monoisotopic (exact) mass is 625 g/mol. The van der Waals surface area contributed by atoms with Crippen LogP contribution in [0, 0.1) is 5.82 Å². The number of hydrogen-bond acceptors (Lipinski definition) is 6. The number of rotatable bonds is 13. The highest BCUT2D eigenvalue weighted by molar-refractivity contribution is 6.74. The van der Waals surface area contributed by atoms with Crippen molar-refractivity contribution in [1.29, 1.82) is 0 Å². The first kappa shape index (κ1) is 31.4. The maximum absolute atomic E-state index is 13.5. The zero-order chi connectivity index (χ0) is 30.1. The van der Waals surface area contributed by atoms with Crippen molar-refractivity contribution in [3.8, 4) is 11.5 Å². The molecule has 2 aromatic carbocycles. The Morgan fingerprint density at radius 1 is 0.951 bits per heavy atom. The van der Waals surface area contributed by atoms with E-state index in [4.69, 9.17) is 37.1 Å². The third-order valence-corrected chi connectivity index (χ3v) is 13.2. The second-order valence-electron chi connectivity index (χ2n) is 12.5. The van der Waals surface area contributed by atoms with Gasteiger partial charge in [0.2, 0.25) is 0 Å². The summed E-state index contributed by atoms with van der Waals surface area (Å²) in [7, 11) is -1.85. The van der Waals surface area contributed by atoms with Gasteiger partial charge in [0.25, 0.3) is 11.8 Å². The lowest BCUT2D eigenvalue weighted by molar-refractivity contribution is -0.151. The van der Waals surface area contributed by atoms with E-state index in [9.17, 15) is 14.0 Å². The molecule has 0 aliphatic heterocycles. The fourth-order valence-corrected chi connectivity index (χ4v) is 6.39. The van der Waals surface area contributed by atoms with Crippen LogP contribution in [0.15, 0.2) is 36.4 Å². The van der Waals surface area contributed by atoms with E-state index in [2.05, 4.69) is 49.8 Å². The summed E-state index contributed by atoms with van der Waals surface area (Å²) in [6.45, 7) is 11.8. The first-order valence-corrected chi connectivity index (χ1v) is 17.3. The number of benzene rings is 2. The van der Waals surface area contributed by atoms with Gasteiger partial charge in [-0.3, -0.25) is 9.59 Å². The summed E-state index contributed by atoms with van der Waals surface area (Å²) >= 11 is 11.9. The zero-order valence-corrected chi connectivity index (χ0v) is 26.6. The molecule has 3 N–H and O–H groups in total. The fraction of sp³-hybridized carbons (Fsp3) is 0.517. The van der Waals surface area contributed by atoms with Crippen LogP contribution in [0.2, 0.25) is 28.2 Å². The van der Waals surface area contributed by atoms with Crippen molar-refractivity contribution in [1.82, 2.24) is 10.6 Å².